The number of hydrogen-bond donors (Lipinski definition) is 3. The largest absolute Gasteiger partial charge is 0.465 e. The number of benzene rings is 1. The van der Waals surface area contributed by atoms with Crippen LogP contribution in [0.5, 0.6) is 0 Å². The molecular weight excluding hydrogens is 416 g/mol. The van der Waals surface area contributed by atoms with E-state index >= 15 is 0 Å². The molecule has 0 bridgehead atoms. The number of nitrogens with zero attached hydrogens (tertiary/aromatic N) is 6. The Bertz CT molecular complexity index is 1100. The molecule has 1 fully saturated rings. The molecule has 0 radical (unpaired) electrons. The molecule has 1 unspecified atom stereocenters. The maximum absolute atomic E-state index is 11.9. The molecule has 1 aromatic carbocycles. The Balaban J connectivity index is 1.57. The molecule has 2 amide bonds. The van der Waals surface area contributed by atoms with Crippen molar-refractivity contribution in [1.82, 2.24) is 25.1 Å². The second kappa shape index (κ2) is 8.88. The molecule has 12 nitrogen and oxygen atoms in total. The highest BCUT2D eigenvalue weighted by molar-refractivity contribution is 5.96. The zero-order valence-corrected chi connectivity index (χ0v) is 17.3. The number of carbonyl (C=O) groups excluding carboxylic acids is 1. The van der Waals surface area contributed by atoms with Gasteiger partial charge in [0.2, 0.25) is 11.8 Å². The predicted molar refractivity (Wildman–Crippen MR) is 115 cm³/mol. The van der Waals surface area contributed by atoms with Crippen molar-refractivity contribution in [1.29, 1.82) is 0 Å². The molecular formula is C20H22N8O4. The number of carbonyl (C=O) groups is 2. The molecule has 1 aliphatic rings. The number of piperidine rings is 1. The summed E-state index contributed by atoms with van der Waals surface area (Å²) in [7, 11) is 1.77. The van der Waals surface area contributed by atoms with Crippen LogP contribution < -0.4 is 16.0 Å². The molecule has 1 saturated heterocycles. The van der Waals surface area contributed by atoms with Crippen molar-refractivity contribution in [3.05, 3.63) is 42.4 Å². The lowest BCUT2D eigenvalue weighted by atomic mass is 10.1. The molecule has 2 aromatic heterocycles. The number of rotatable bonds is 6. The first-order chi connectivity index (χ1) is 15.4. The highest BCUT2D eigenvalue weighted by Gasteiger charge is 2.28. The Kier molecular flexibility index (Phi) is 5.83. The third kappa shape index (κ3) is 4.43. The van der Waals surface area contributed by atoms with Crippen molar-refractivity contribution >= 4 is 29.5 Å². The molecule has 166 valence electrons. The number of primary amides is 1. The molecule has 0 aliphatic carbocycles. The van der Waals surface area contributed by atoms with Crippen LogP contribution in [0, 0.1) is 0 Å². The summed E-state index contributed by atoms with van der Waals surface area (Å²) in [6, 6.07) is 7.06. The van der Waals surface area contributed by atoms with Crippen molar-refractivity contribution in [2.45, 2.75) is 18.9 Å². The van der Waals surface area contributed by atoms with Crippen LogP contribution in [0.25, 0.3) is 11.5 Å². The van der Waals surface area contributed by atoms with E-state index in [1.807, 2.05) is 12.1 Å². The minimum atomic E-state index is -0.957. The number of aromatic nitrogens is 4. The van der Waals surface area contributed by atoms with Gasteiger partial charge >= 0.3 is 6.09 Å². The summed E-state index contributed by atoms with van der Waals surface area (Å²) < 4.78 is 5.28. The van der Waals surface area contributed by atoms with E-state index < -0.39 is 12.0 Å². The summed E-state index contributed by atoms with van der Waals surface area (Å²) in [6.45, 7) is 0.827. The summed E-state index contributed by atoms with van der Waals surface area (Å²) in [5.41, 5.74) is 6.78. The Hall–Kier alpha value is -4.22. The van der Waals surface area contributed by atoms with Crippen LogP contribution in [0.3, 0.4) is 0 Å². The fourth-order valence-corrected chi connectivity index (χ4v) is 3.53. The summed E-state index contributed by atoms with van der Waals surface area (Å²) in [5.74, 6) is 0.132. The molecule has 0 saturated carbocycles. The number of nitrogens with one attached hydrogen (secondary N) is 1. The number of oxazole rings is 1. The Morgan fingerprint density at radius 1 is 1.28 bits per heavy atom. The number of likely N-dealkylation sites (tertiary alicyclic amines) is 1. The van der Waals surface area contributed by atoms with Crippen LogP contribution in [-0.2, 0) is 0 Å². The van der Waals surface area contributed by atoms with Crippen LogP contribution in [0.15, 0.2) is 41.1 Å². The summed E-state index contributed by atoms with van der Waals surface area (Å²) in [5, 5.41) is 20.3. The van der Waals surface area contributed by atoms with Gasteiger partial charge in [0.15, 0.2) is 11.5 Å². The third-order valence-electron chi connectivity index (χ3n) is 5.27. The number of likely N-dealkylation sites (N-methyl/N-ethyl adjacent to an activating group) is 1. The average Bonchev–Trinajstić information content (AvgIpc) is 3.34. The zero-order valence-electron chi connectivity index (χ0n) is 17.3. The van der Waals surface area contributed by atoms with Crippen LogP contribution in [0.1, 0.15) is 23.3 Å². The van der Waals surface area contributed by atoms with Crippen molar-refractivity contribution in [2.75, 3.05) is 30.4 Å². The van der Waals surface area contributed by atoms with Crippen molar-refractivity contribution in [3.63, 3.8) is 0 Å². The Morgan fingerprint density at radius 2 is 2.06 bits per heavy atom. The lowest BCUT2D eigenvalue weighted by molar-refractivity contribution is 0.0994. The molecule has 4 N–H and O–H groups in total. The van der Waals surface area contributed by atoms with E-state index in [-0.39, 0.29) is 23.5 Å². The maximum atomic E-state index is 11.9. The number of nitrogens with two attached hydrogens (primary N) is 1. The number of hydrogen-bond acceptors (Lipinski definition) is 9. The van der Waals surface area contributed by atoms with Crippen LogP contribution in [0.2, 0.25) is 0 Å². The van der Waals surface area contributed by atoms with E-state index in [9.17, 15) is 14.7 Å². The normalized spacial score (nSPS) is 15.9. The van der Waals surface area contributed by atoms with Gasteiger partial charge in [0.05, 0.1) is 6.20 Å². The number of amides is 2. The first-order valence-electron chi connectivity index (χ1n) is 9.94. The van der Waals surface area contributed by atoms with Gasteiger partial charge in [-0.2, -0.15) is 4.98 Å². The highest BCUT2D eigenvalue weighted by Crippen LogP contribution is 2.24. The number of carboxylic acid groups (broad SMARTS) is 1. The van der Waals surface area contributed by atoms with E-state index in [0.29, 0.717) is 24.7 Å². The quantitative estimate of drug-likeness (QED) is 0.518. The van der Waals surface area contributed by atoms with Gasteiger partial charge in [-0.1, -0.05) is 0 Å². The second-order valence-electron chi connectivity index (χ2n) is 7.35. The molecule has 3 heterocycles. The lowest BCUT2D eigenvalue weighted by Gasteiger charge is -2.36. The van der Waals surface area contributed by atoms with Gasteiger partial charge in [-0.05, 0) is 37.1 Å². The minimum Gasteiger partial charge on any atom is -0.465 e. The van der Waals surface area contributed by atoms with Crippen LogP contribution >= 0.6 is 0 Å². The SMILES string of the molecule is CN(c1nnc(C(N)=O)c(Nc2ccc(-c3ncco3)cc2)n1)C1CCCN(C(=O)O)C1. The average molecular weight is 438 g/mol. The van der Waals surface area contributed by atoms with Crippen LogP contribution in [-0.4, -0.2) is 68.4 Å². The molecule has 1 aliphatic heterocycles. The molecule has 4 rings (SSSR count). The van der Waals surface area contributed by atoms with E-state index in [2.05, 4.69) is 25.5 Å². The monoisotopic (exact) mass is 438 g/mol. The van der Waals surface area contributed by atoms with Gasteiger partial charge in [-0.15, -0.1) is 10.2 Å². The smallest absolute Gasteiger partial charge is 0.407 e. The van der Waals surface area contributed by atoms with E-state index in [0.717, 1.165) is 18.4 Å². The Morgan fingerprint density at radius 3 is 2.72 bits per heavy atom. The van der Waals surface area contributed by atoms with Gasteiger partial charge in [0.25, 0.3) is 5.91 Å². The lowest BCUT2D eigenvalue weighted by Crippen LogP contribution is -2.48. The first kappa shape index (κ1) is 21.0. The highest BCUT2D eigenvalue weighted by atomic mass is 16.4. The summed E-state index contributed by atoms with van der Waals surface area (Å²) in [4.78, 5) is 34.9. The number of anilines is 3. The van der Waals surface area contributed by atoms with Crippen molar-refractivity contribution in [2.24, 2.45) is 5.73 Å². The summed E-state index contributed by atoms with van der Waals surface area (Å²) in [6.07, 6.45) is 3.62. The molecule has 32 heavy (non-hydrogen) atoms. The topological polar surface area (TPSA) is 164 Å². The Labute approximate surface area is 183 Å². The fourth-order valence-electron chi connectivity index (χ4n) is 3.53. The molecule has 12 heteroatoms. The van der Waals surface area contributed by atoms with Gasteiger partial charge in [0.1, 0.15) is 6.26 Å². The van der Waals surface area contributed by atoms with E-state index in [1.54, 1.807) is 30.3 Å². The zero-order chi connectivity index (χ0) is 22.7. The van der Waals surface area contributed by atoms with Gasteiger partial charge < -0.3 is 30.4 Å². The third-order valence-corrected chi connectivity index (χ3v) is 5.27. The predicted octanol–water partition coefficient (Wildman–Crippen LogP) is 1.95. The molecule has 3 aromatic rings. The first-order valence-corrected chi connectivity index (χ1v) is 9.94. The standard InChI is InChI=1S/C20H22N8O4/c1-27(14-3-2-9-28(11-14)20(30)31)19-24-17(15(16(21)29)25-26-19)23-13-6-4-12(5-7-13)18-22-8-10-32-18/h4-8,10,14H,2-3,9,11H2,1H3,(H2,21,29)(H,30,31)(H,23,24,26). The van der Waals surface area contributed by atoms with Gasteiger partial charge in [0, 0.05) is 37.4 Å². The molecule has 1 atom stereocenters. The van der Waals surface area contributed by atoms with E-state index in [4.69, 9.17) is 10.2 Å². The minimum absolute atomic E-state index is 0.102. The van der Waals surface area contributed by atoms with Gasteiger partial charge in [-0.25, -0.2) is 9.78 Å². The van der Waals surface area contributed by atoms with Crippen molar-refractivity contribution < 1.29 is 19.1 Å². The fraction of sp³-hybridized carbons (Fsp3) is 0.300. The van der Waals surface area contributed by atoms with Crippen molar-refractivity contribution in [3.8, 4) is 11.5 Å². The van der Waals surface area contributed by atoms with Crippen LogP contribution in [0.4, 0.5) is 22.2 Å². The van der Waals surface area contributed by atoms with Gasteiger partial charge in [-0.3, -0.25) is 4.79 Å². The maximum Gasteiger partial charge on any atom is 0.407 e. The summed E-state index contributed by atoms with van der Waals surface area (Å²) >= 11 is 0. The van der Waals surface area contributed by atoms with E-state index in [1.165, 1.54) is 11.2 Å². The second-order valence-corrected chi connectivity index (χ2v) is 7.35. The molecule has 0 spiro atoms.